The molecule has 2 rings (SSSR count). The quantitative estimate of drug-likeness (QED) is 0.841. The van der Waals surface area contributed by atoms with E-state index in [2.05, 4.69) is 5.32 Å². The summed E-state index contributed by atoms with van der Waals surface area (Å²) in [6, 6.07) is 2.23. The molecule has 1 amide bonds. The highest BCUT2D eigenvalue weighted by Crippen LogP contribution is 2.32. The summed E-state index contributed by atoms with van der Waals surface area (Å²) in [4.78, 5) is 23.0. The fourth-order valence-electron chi connectivity index (χ4n) is 2.07. The normalized spacial score (nSPS) is 15.2. The summed E-state index contributed by atoms with van der Waals surface area (Å²) in [5, 5.41) is 11.4. The zero-order valence-corrected chi connectivity index (χ0v) is 10.8. The van der Waals surface area contributed by atoms with E-state index in [1.54, 1.807) is 0 Å². The van der Waals surface area contributed by atoms with Gasteiger partial charge in [-0.2, -0.15) is 13.2 Å². The highest BCUT2D eigenvalue weighted by Gasteiger charge is 2.32. The summed E-state index contributed by atoms with van der Waals surface area (Å²) in [6.07, 6.45) is 0.0933. The molecule has 1 aromatic rings. The van der Waals surface area contributed by atoms with Crippen molar-refractivity contribution in [2.75, 3.05) is 5.32 Å². The zero-order chi connectivity index (χ0) is 15.6. The summed E-state index contributed by atoms with van der Waals surface area (Å²) in [5.41, 5.74) is -1.78. The van der Waals surface area contributed by atoms with Crippen LogP contribution in [0.1, 0.15) is 28.8 Å². The fourth-order valence-corrected chi connectivity index (χ4v) is 2.07. The molecule has 1 aliphatic carbocycles. The maximum absolute atomic E-state index is 12.6. The van der Waals surface area contributed by atoms with Crippen molar-refractivity contribution in [3.63, 3.8) is 0 Å². The van der Waals surface area contributed by atoms with Crippen LogP contribution in [0.2, 0.25) is 0 Å². The number of aromatic carboxylic acids is 1. The summed E-state index contributed by atoms with van der Waals surface area (Å²) < 4.78 is 37.7. The number of benzene rings is 1. The van der Waals surface area contributed by atoms with Crippen molar-refractivity contribution < 1.29 is 27.9 Å². The van der Waals surface area contributed by atoms with Crippen LogP contribution in [0.15, 0.2) is 30.4 Å². The van der Waals surface area contributed by atoms with E-state index >= 15 is 0 Å². The standard InChI is InChI=1S/C14H12F3NO3/c15-14(16,17)9-5-6-11(10(7-9)13(20)21)18-12(19)8-3-1-2-4-8/h1-2,5-8H,3-4H2,(H,18,19)(H,20,21). The Balaban J connectivity index is 2.26. The van der Waals surface area contributed by atoms with Gasteiger partial charge in [-0.1, -0.05) is 12.2 Å². The first-order chi connectivity index (χ1) is 9.79. The minimum atomic E-state index is -4.64. The summed E-state index contributed by atoms with van der Waals surface area (Å²) >= 11 is 0. The molecule has 0 unspecified atom stereocenters. The molecule has 2 N–H and O–H groups in total. The summed E-state index contributed by atoms with van der Waals surface area (Å²) in [7, 11) is 0. The number of alkyl halides is 3. The topological polar surface area (TPSA) is 66.4 Å². The smallest absolute Gasteiger partial charge is 0.416 e. The van der Waals surface area contributed by atoms with Crippen molar-refractivity contribution in [2.24, 2.45) is 5.92 Å². The number of halogens is 3. The van der Waals surface area contributed by atoms with E-state index < -0.39 is 29.2 Å². The first-order valence-electron chi connectivity index (χ1n) is 6.19. The average molecular weight is 299 g/mol. The van der Waals surface area contributed by atoms with Crippen LogP contribution in [0.4, 0.5) is 18.9 Å². The van der Waals surface area contributed by atoms with Crippen molar-refractivity contribution in [3.8, 4) is 0 Å². The predicted octanol–water partition coefficient (Wildman–Crippen LogP) is 3.31. The number of carbonyl (C=O) groups is 2. The average Bonchev–Trinajstić information content (AvgIpc) is 2.91. The SMILES string of the molecule is O=C(O)c1cc(C(F)(F)F)ccc1NC(=O)C1CC=CC1. The van der Waals surface area contributed by atoms with Gasteiger partial charge in [-0.3, -0.25) is 4.79 Å². The van der Waals surface area contributed by atoms with Crippen LogP contribution in [0.25, 0.3) is 0 Å². The molecule has 0 atom stereocenters. The van der Waals surface area contributed by atoms with Crippen LogP contribution in [0.3, 0.4) is 0 Å². The molecular formula is C14H12F3NO3. The molecule has 7 heteroatoms. The third kappa shape index (κ3) is 3.42. The van der Waals surface area contributed by atoms with Crippen molar-refractivity contribution in [1.29, 1.82) is 0 Å². The van der Waals surface area contributed by atoms with Gasteiger partial charge in [-0.15, -0.1) is 0 Å². The van der Waals surface area contributed by atoms with E-state index in [0.29, 0.717) is 18.9 Å². The van der Waals surface area contributed by atoms with Gasteiger partial charge < -0.3 is 10.4 Å². The van der Waals surface area contributed by atoms with E-state index in [9.17, 15) is 22.8 Å². The van der Waals surface area contributed by atoms with E-state index in [4.69, 9.17) is 5.11 Å². The van der Waals surface area contributed by atoms with Crippen molar-refractivity contribution in [2.45, 2.75) is 19.0 Å². The Kier molecular flexibility index (Phi) is 4.02. The third-order valence-corrected chi connectivity index (χ3v) is 3.21. The van der Waals surface area contributed by atoms with Gasteiger partial charge in [0, 0.05) is 5.92 Å². The molecule has 1 aliphatic rings. The van der Waals surface area contributed by atoms with Crippen molar-refractivity contribution >= 4 is 17.6 Å². The Morgan fingerprint density at radius 2 is 1.81 bits per heavy atom. The molecule has 4 nitrogen and oxygen atoms in total. The lowest BCUT2D eigenvalue weighted by atomic mass is 10.0. The number of allylic oxidation sites excluding steroid dienone is 2. The van der Waals surface area contributed by atoms with Gasteiger partial charge in [0.25, 0.3) is 0 Å². The molecule has 0 fully saturated rings. The molecule has 21 heavy (non-hydrogen) atoms. The van der Waals surface area contributed by atoms with E-state index in [1.165, 1.54) is 0 Å². The van der Waals surface area contributed by atoms with Gasteiger partial charge in [0.2, 0.25) is 5.91 Å². The maximum Gasteiger partial charge on any atom is 0.416 e. The molecule has 0 bridgehead atoms. The molecule has 0 saturated carbocycles. The highest BCUT2D eigenvalue weighted by molar-refractivity contribution is 6.01. The van der Waals surface area contributed by atoms with Crippen LogP contribution in [0.5, 0.6) is 0 Å². The Bertz CT molecular complexity index is 600. The van der Waals surface area contributed by atoms with Crippen LogP contribution in [0, 0.1) is 5.92 Å². The molecule has 0 spiro atoms. The van der Waals surface area contributed by atoms with Crippen LogP contribution in [-0.2, 0) is 11.0 Å². The minimum Gasteiger partial charge on any atom is -0.478 e. The lowest BCUT2D eigenvalue weighted by Crippen LogP contribution is -2.22. The maximum atomic E-state index is 12.6. The number of rotatable bonds is 3. The monoisotopic (exact) mass is 299 g/mol. The molecular weight excluding hydrogens is 287 g/mol. The lowest BCUT2D eigenvalue weighted by molar-refractivity contribution is -0.137. The Hall–Kier alpha value is -2.31. The Morgan fingerprint density at radius 3 is 2.33 bits per heavy atom. The van der Waals surface area contributed by atoms with Gasteiger partial charge in [0.1, 0.15) is 0 Å². The van der Waals surface area contributed by atoms with Crippen LogP contribution >= 0.6 is 0 Å². The molecule has 0 radical (unpaired) electrons. The number of nitrogens with one attached hydrogen (secondary N) is 1. The molecule has 1 aromatic carbocycles. The van der Waals surface area contributed by atoms with E-state index in [1.807, 2.05) is 12.2 Å². The first kappa shape index (κ1) is 15.1. The number of carboxylic acids is 1. The second-order valence-corrected chi connectivity index (χ2v) is 4.69. The summed E-state index contributed by atoms with van der Waals surface area (Å²) in [6.45, 7) is 0. The molecule has 0 saturated heterocycles. The van der Waals surface area contributed by atoms with Gasteiger partial charge >= 0.3 is 12.1 Å². The number of anilines is 1. The second kappa shape index (κ2) is 5.59. The van der Waals surface area contributed by atoms with Crippen molar-refractivity contribution in [3.05, 3.63) is 41.5 Å². The van der Waals surface area contributed by atoms with Gasteiger partial charge in [0.15, 0.2) is 0 Å². The molecule has 112 valence electrons. The number of amides is 1. The molecule has 0 aliphatic heterocycles. The fraction of sp³-hybridized carbons (Fsp3) is 0.286. The zero-order valence-electron chi connectivity index (χ0n) is 10.8. The minimum absolute atomic E-state index is 0.132. The predicted molar refractivity (Wildman–Crippen MR) is 68.9 cm³/mol. The highest BCUT2D eigenvalue weighted by atomic mass is 19.4. The third-order valence-electron chi connectivity index (χ3n) is 3.21. The Labute approximate surface area is 118 Å². The molecule has 0 aromatic heterocycles. The van der Waals surface area contributed by atoms with Crippen LogP contribution < -0.4 is 5.32 Å². The van der Waals surface area contributed by atoms with Gasteiger partial charge in [-0.25, -0.2) is 4.79 Å². The number of carboxylic acid groups (broad SMARTS) is 1. The largest absolute Gasteiger partial charge is 0.478 e. The summed E-state index contributed by atoms with van der Waals surface area (Å²) in [5.74, 6) is -2.24. The number of carbonyl (C=O) groups excluding carboxylic acids is 1. The number of hydrogen-bond donors (Lipinski definition) is 2. The second-order valence-electron chi connectivity index (χ2n) is 4.69. The van der Waals surface area contributed by atoms with Gasteiger partial charge in [-0.05, 0) is 31.0 Å². The first-order valence-corrected chi connectivity index (χ1v) is 6.19. The lowest BCUT2D eigenvalue weighted by Gasteiger charge is -2.14. The van der Waals surface area contributed by atoms with E-state index in [-0.39, 0.29) is 11.6 Å². The van der Waals surface area contributed by atoms with Gasteiger partial charge in [0.05, 0.1) is 16.8 Å². The van der Waals surface area contributed by atoms with Crippen LogP contribution in [-0.4, -0.2) is 17.0 Å². The van der Waals surface area contributed by atoms with E-state index in [0.717, 1.165) is 12.1 Å². The van der Waals surface area contributed by atoms with Crippen molar-refractivity contribution in [1.82, 2.24) is 0 Å². The number of hydrogen-bond acceptors (Lipinski definition) is 2. The Morgan fingerprint density at radius 1 is 1.19 bits per heavy atom. The molecule has 0 heterocycles.